The van der Waals surface area contributed by atoms with Gasteiger partial charge in [-0.25, -0.2) is 17.5 Å². The van der Waals surface area contributed by atoms with Crippen LogP contribution in [-0.4, -0.2) is 32.8 Å². The Balaban J connectivity index is 1.73. The van der Waals surface area contributed by atoms with Crippen molar-refractivity contribution in [2.24, 2.45) is 0 Å². The van der Waals surface area contributed by atoms with Crippen LogP contribution >= 0.6 is 0 Å². The zero-order chi connectivity index (χ0) is 18.1. The number of hydrogen-bond donors (Lipinski definition) is 2. The van der Waals surface area contributed by atoms with Crippen LogP contribution in [0.15, 0.2) is 47.4 Å². The maximum Gasteiger partial charge on any atom is 0.240 e. The number of nitrogens with one attached hydrogen (secondary N) is 1. The molecule has 0 saturated carbocycles. The minimum Gasteiger partial charge on any atom is -0.494 e. The number of halogens is 1. The van der Waals surface area contributed by atoms with E-state index < -0.39 is 21.4 Å². The van der Waals surface area contributed by atoms with Gasteiger partial charge in [0.05, 0.1) is 17.6 Å². The summed E-state index contributed by atoms with van der Waals surface area (Å²) < 4.78 is 45.7. The molecule has 0 unspecified atom stereocenters. The van der Waals surface area contributed by atoms with Gasteiger partial charge in [-0.2, -0.15) is 0 Å². The Morgan fingerprint density at radius 3 is 2.64 bits per heavy atom. The van der Waals surface area contributed by atoms with Gasteiger partial charge in [-0.3, -0.25) is 0 Å². The summed E-state index contributed by atoms with van der Waals surface area (Å²) in [6, 6.07) is 11.2. The predicted octanol–water partition coefficient (Wildman–Crippen LogP) is 2.03. The van der Waals surface area contributed by atoms with E-state index in [1.54, 1.807) is 0 Å². The van der Waals surface area contributed by atoms with Crippen LogP contribution in [0.1, 0.15) is 17.5 Å². The molecule has 0 bridgehead atoms. The Kier molecular flexibility index (Phi) is 4.81. The number of rotatable bonds is 5. The average Bonchev–Trinajstić information content (AvgIpc) is 2.60. The van der Waals surface area contributed by atoms with Crippen LogP contribution in [0.25, 0.3) is 0 Å². The maximum absolute atomic E-state index is 13.7. The highest BCUT2D eigenvalue weighted by Gasteiger charge is 2.33. The number of aliphatic hydroxyl groups is 1. The van der Waals surface area contributed by atoms with E-state index in [4.69, 9.17) is 4.74 Å². The van der Waals surface area contributed by atoms with Crippen molar-refractivity contribution in [2.45, 2.75) is 29.8 Å². The van der Waals surface area contributed by atoms with Crippen LogP contribution in [0.2, 0.25) is 0 Å². The lowest BCUT2D eigenvalue weighted by molar-refractivity contribution is 0.0317. The van der Waals surface area contributed by atoms with Gasteiger partial charge in [-0.05, 0) is 42.2 Å². The van der Waals surface area contributed by atoms with Crippen molar-refractivity contribution in [1.29, 1.82) is 0 Å². The molecule has 0 heterocycles. The second kappa shape index (κ2) is 6.74. The number of aryl methyl sites for hydroxylation is 1. The first-order valence-corrected chi connectivity index (χ1v) is 9.44. The molecule has 25 heavy (non-hydrogen) atoms. The number of methoxy groups -OCH3 is 1. The summed E-state index contributed by atoms with van der Waals surface area (Å²) in [5.41, 5.74) is 1.03. The van der Waals surface area contributed by atoms with E-state index in [0.29, 0.717) is 19.3 Å². The van der Waals surface area contributed by atoms with Crippen LogP contribution in [0, 0.1) is 5.82 Å². The second-order valence-corrected chi connectivity index (χ2v) is 8.06. The topological polar surface area (TPSA) is 75.6 Å². The summed E-state index contributed by atoms with van der Waals surface area (Å²) in [7, 11) is -2.62. The van der Waals surface area contributed by atoms with Gasteiger partial charge in [0, 0.05) is 13.0 Å². The lowest BCUT2D eigenvalue weighted by atomic mass is 9.80. The van der Waals surface area contributed by atoms with E-state index in [-0.39, 0.29) is 17.2 Å². The summed E-state index contributed by atoms with van der Waals surface area (Å²) in [6.45, 7) is -0.128. The van der Waals surface area contributed by atoms with Crippen LogP contribution in [0.4, 0.5) is 4.39 Å². The standard InChI is InChI=1S/C18H20FNO4S/c1-24-17-7-6-15(10-16(17)19)25(22,23)20-12-18(21)9-8-13-4-2-3-5-14(13)11-18/h2-7,10,20-21H,8-9,11-12H2,1H3/t18-/m0/s1. The fourth-order valence-corrected chi connectivity index (χ4v) is 4.19. The number of hydrogen-bond acceptors (Lipinski definition) is 4. The van der Waals surface area contributed by atoms with Gasteiger partial charge in [0.1, 0.15) is 0 Å². The monoisotopic (exact) mass is 365 g/mol. The zero-order valence-electron chi connectivity index (χ0n) is 13.8. The lowest BCUT2D eigenvalue weighted by Gasteiger charge is -2.33. The van der Waals surface area contributed by atoms with Gasteiger partial charge in [0.25, 0.3) is 0 Å². The number of ether oxygens (including phenoxy) is 1. The summed E-state index contributed by atoms with van der Waals surface area (Å²) in [4.78, 5) is -0.203. The Bertz CT molecular complexity index is 884. The smallest absolute Gasteiger partial charge is 0.240 e. The molecule has 1 atom stereocenters. The molecule has 0 aromatic heterocycles. The third-order valence-electron chi connectivity index (χ3n) is 4.52. The molecule has 1 aliphatic carbocycles. The molecule has 7 heteroatoms. The maximum atomic E-state index is 13.7. The van der Waals surface area contributed by atoms with Crippen molar-refractivity contribution >= 4 is 10.0 Å². The van der Waals surface area contributed by atoms with Gasteiger partial charge in [-0.15, -0.1) is 0 Å². The highest BCUT2D eigenvalue weighted by atomic mass is 32.2. The Labute approximate surface area is 146 Å². The molecular formula is C18H20FNO4S. The van der Waals surface area contributed by atoms with Gasteiger partial charge in [0.15, 0.2) is 11.6 Å². The van der Waals surface area contributed by atoms with Crippen molar-refractivity contribution in [3.05, 3.63) is 59.4 Å². The van der Waals surface area contributed by atoms with Crippen LogP contribution in [0.5, 0.6) is 5.75 Å². The quantitative estimate of drug-likeness (QED) is 0.850. The van der Waals surface area contributed by atoms with E-state index in [2.05, 4.69) is 4.72 Å². The van der Waals surface area contributed by atoms with Gasteiger partial charge >= 0.3 is 0 Å². The lowest BCUT2D eigenvalue weighted by Crippen LogP contribution is -2.46. The van der Waals surface area contributed by atoms with Crippen molar-refractivity contribution < 1.29 is 22.7 Å². The molecular weight excluding hydrogens is 345 g/mol. The third-order valence-corrected chi connectivity index (χ3v) is 5.92. The SMILES string of the molecule is COc1ccc(S(=O)(=O)NC[C@]2(O)CCc3ccccc3C2)cc1F. The molecule has 2 N–H and O–H groups in total. The molecule has 0 fully saturated rings. The Hall–Kier alpha value is -1.96. The normalized spacial score (nSPS) is 20.1. The molecule has 0 amide bonds. The molecule has 0 spiro atoms. The molecule has 5 nitrogen and oxygen atoms in total. The minimum absolute atomic E-state index is 0.0264. The number of fused-ring (bicyclic) bond motifs is 1. The Morgan fingerprint density at radius 2 is 1.96 bits per heavy atom. The van der Waals surface area contributed by atoms with E-state index in [1.165, 1.54) is 24.8 Å². The highest BCUT2D eigenvalue weighted by molar-refractivity contribution is 7.89. The third kappa shape index (κ3) is 3.84. The van der Waals surface area contributed by atoms with E-state index >= 15 is 0 Å². The molecule has 0 saturated heterocycles. The van der Waals surface area contributed by atoms with Crippen molar-refractivity contribution in [1.82, 2.24) is 4.72 Å². The zero-order valence-corrected chi connectivity index (χ0v) is 14.6. The van der Waals surface area contributed by atoms with E-state index in [0.717, 1.165) is 11.6 Å². The van der Waals surface area contributed by atoms with Gasteiger partial charge in [-0.1, -0.05) is 24.3 Å². The first kappa shape index (κ1) is 17.8. The van der Waals surface area contributed by atoms with Crippen LogP contribution in [-0.2, 0) is 22.9 Å². The fraction of sp³-hybridized carbons (Fsp3) is 0.333. The molecule has 0 radical (unpaired) electrons. The molecule has 3 rings (SSSR count). The highest BCUT2D eigenvalue weighted by Crippen LogP contribution is 2.29. The van der Waals surface area contributed by atoms with Crippen LogP contribution in [0.3, 0.4) is 0 Å². The summed E-state index contributed by atoms with van der Waals surface area (Å²) in [5, 5.41) is 10.7. The molecule has 1 aliphatic rings. The Morgan fingerprint density at radius 1 is 1.24 bits per heavy atom. The first-order chi connectivity index (χ1) is 11.8. The molecule has 2 aromatic rings. The molecule has 134 valence electrons. The number of sulfonamides is 1. The minimum atomic E-state index is -3.93. The summed E-state index contributed by atoms with van der Waals surface area (Å²) in [6.07, 6.45) is 1.53. The van der Waals surface area contributed by atoms with Gasteiger partial charge < -0.3 is 9.84 Å². The summed E-state index contributed by atoms with van der Waals surface area (Å²) in [5.74, 6) is -0.780. The largest absolute Gasteiger partial charge is 0.494 e. The fourth-order valence-electron chi connectivity index (χ4n) is 3.06. The van der Waals surface area contributed by atoms with Crippen molar-refractivity contribution in [3.63, 3.8) is 0 Å². The predicted molar refractivity (Wildman–Crippen MR) is 91.6 cm³/mol. The average molecular weight is 365 g/mol. The van der Waals surface area contributed by atoms with Crippen molar-refractivity contribution in [3.8, 4) is 5.75 Å². The van der Waals surface area contributed by atoms with Gasteiger partial charge in [0.2, 0.25) is 10.0 Å². The van der Waals surface area contributed by atoms with Crippen LogP contribution < -0.4 is 9.46 Å². The van der Waals surface area contributed by atoms with Crippen molar-refractivity contribution in [2.75, 3.05) is 13.7 Å². The second-order valence-electron chi connectivity index (χ2n) is 6.29. The molecule has 0 aliphatic heterocycles. The summed E-state index contributed by atoms with van der Waals surface area (Å²) >= 11 is 0. The van der Waals surface area contributed by atoms with E-state index in [1.807, 2.05) is 24.3 Å². The molecule has 2 aromatic carbocycles. The number of benzene rings is 2. The first-order valence-electron chi connectivity index (χ1n) is 7.95. The van der Waals surface area contributed by atoms with E-state index in [9.17, 15) is 17.9 Å².